The zero-order valence-electron chi connectivity index (χ0n) is 20.9. The number of hydrogen-bond acceptors (Lipinski definition) is 3. The fraction of sp³-hybridized carbons (Fsp3) is 0.750. The van der Waals surface area contributed by atoms with Gasteiger partial charge in [-0.3, -0.25) is 10.1 Å². The molecule has 2 unspecified atom stereocenters. The minimum absolute atomic E-state index is 0.0666. The van der Waals surface area contributed by atoms with Crippen molar-refractivity contribution in [2.75, 3.05) is 12.3 Å². The van der Waals surface area contributed by atoms with Crippen LogP contribution in [0.4, 0.5) is 4.39 Å². The van der Waals surface area contributed by atoms with Gasteiger partial charge in [0.2, 0.25) is 5.91 Å². The van der Waals surface area contributed by atoms with Crippen LogP contribution in [0.25, 0.3) is 0 Å². The van der Waals surface area contributed by atoms with Crippen molar-refractivity contribution in [3.8, 4) is 0 Å². The van der Waals surface area contributed by atoms with Crippen molar-refractivity contribution in [2.24, 2.45) is 0 Å². The lowest BCUT2D eigenvalue weighted by Gasteiger charge is -2.14. The summed E-state index contributed by atoms with van der Waals surface area (Å²) < 4.78 is 13.1. The summed E-state index contributed by atoms with van der Waals surface area (Å²) in [5.74, 6) is 0.621. The summed E-state index contributed by atoms with van der Waals surface area (Å²) in [5.41, 5.74) is 1.02. The molecule has 0 spiro atoms. The Morgan fingerprint density at radius 3 is 1.85 bits per heavy atom. The van der Waals surface area contributed by atoms with Crippen molar-refractivity contribution < 1.29 is 9.18 Å². The molecular formula is C28H47FN2OS. The number of amides is 1. The molecule has 3 nitrogen and oxygen atoms in total. The molecular weight excluding hydrogens is 431 g/mol. The molecule has 2 N–H and O–H groups in total. The van der Waals surface area contributed by atoms with Gasteiger partial charge in [-0.1, -0.05) is 115 Å². The first-order valence-corrected chi connectivity index (χ1v) is 14.7. The monoisotopic (exact) mass is 478 g/mol. The van der Waals surface area contributed by atoms with Crippen LogP contribution in [0.15, 0.2) is 24.3 Å². The van der Waals surface area contributed by atoms with Crippen LogP contribution in [0.2, 0.25) is 0 Å². The van der Waals surface area contributed by atoms with Gasteiger partial charge < -0.3 is 5.32 Å². The van der Waals surface area contributed by atoms with Gasteiger partial charge in [0.05, 0.1) is 11.4 Å². The average molecular weight is 479 g/mol. The second-order valence-corrected chi connectivity index (χ2v) is 10.7. The molecule has 1 fully saturated rings. The maximum Gasteiger partial charge on any atom is 0.238 e. The number of rotatable bonds is 19. The molecule has 1 aromatic rings. The van der Waals surface area contributed by atoms with Gasteiger partial charge in [-0.2, -0.15) is 0 Å². The van der Waals surface area contributed by atoms with Crippen molar-refractivity contribution in [1.29, 1.82) is 0 Å². The molecule has 0 saturated carbocycles. The Hall–Kier alpha value is -1.07. The summed E-state index contributed by atoms with van der Waals surface area (Å²) in [6.45, 7) is 3.05. The van der Waals surface area contributed by atoms with E-state index in [2.05, 4.69) is 17.6 Å². The molecule has 0 radical (unpaired) electrons. The smallest absolute Gasteiger partial charge is 0.238 e. The molecule has 33 heavy (non-hydrogen) atoms. The van der Waals surface area contributed by atoms with Crippen molar-refractivity contribution in [3.63, 3.8) is 0 Å². The summed E-state index contributed by atoms with van der Waals surface area (Å²) in [4.78, 5) is 12.4. The summed E-state index contributed by atoms with van der Waals surface area (Å²) in [6, 6.07) is 6.36. The highest BCUT2D eigenvalue weighted by atomic mass is 32.2. The average Bonchev–Trinajstić information content (AvgIpc) is 3.32. The van der Waals surface area contributed by atoms with Gasteiger partial charge in [0.25, 0.3) is 0 Å². The predicted molar refractivity (Wildman–Crippen MR) is 141 cm³/mol. The molecule has 1 aromatic carbocycles. The van der Waals surface area contributed by atoms with E-state index in [4.69, 9.17) is 0 Å². The van der Waals surface area contributed by atoms with Crippen molar-refractivity contribution in [3.05, 3.63) is 35.6 Å². The molecule has 2 rings (SSSR count). The Morgan fingerprint density at radius 1 is 0.848 bits per heavy atom. The van der Waals surface area contributed by atoms with E-state index < -0.39 is 0 Å². The normalized spacial score (nSPS) is 18.0. The minimum Gasteiger partial charge on any atom is -0.355 e. The Labute approximate surface area is 206 Å². The molecule has 2 atom stereocenters. The number of hydrogen-bond donors (Lipinski definition) is 2. The number of benzene rings is 1. The lowest BCUT2D eigenvalue weighted by molar-refractivity contribution is -0.122. The second kappa shape index (κ2) is 18.3. The highest BCUT2D eigenvalue weighted by molar-refractivity contribution is 7.99. The lowest BCUT2D eigenvalue weighted by atomic mass is 10.0. The summed E-state index contributed by atoms with van der Waals surface area (Å²) in [5, 5.41) is 6.51. The first-order valence-electron chi connectivity index (χ1n) is 13.6. The van der Waals surface area contributed by atoms with Crippen LogP contribution >= 0.6 is 11.8 Å². The highest BCUT2D eigenvalue weighted by Gasteiger charge is 2.30. The van der Waals surface area contributed by atoms with Crippen LogP contribution in [-0.2, 0) is 4.79 Å². The van der Waals surface area contributed by atoms with E-state index in [1.807, 2.05) is 0 Å². The number of halogens is 1. The Kier molecular flexibility index (Phi) is 15.6. The zero-order valence-corrected chi connectivity index (χ0v) is 21.7. The van der Waals surface area contributed by atoms with Gasteiger partial charge in [0.1, 0.15) is 5.82 Å². The van der Waals surface area contributed by atoms with Crippen molar-refractivity contribution >= 4 is 17.7 Å². The summed E-state index contributed by atoms with van der Waals surface area (Å²) in [6.07, 6.45) is 21.8. The first-order chi connectivity index (χ1) is 16.2. The Morgan fingerprint density at radius 2 is 1.33 bits per heavy atom. The SMILES string of the molecule is CCCCCCCCCCCCCCCCCCNC(=O)C1CSC(c2ccc(F)cc2)N1. The van der Waals surface area contributed by atoms with Gasteiger partial charge in [0, 0.05) is 12.3 Å². The molecule has 1 amide bonds. The topological polar surface area (TPSA) is 41.1 Å². The van der Waals surface area contributed by atoms with Gasteiger partial charge in [-0.15, -0.1) is 11.8 Å². The Balaban J connectivity index is 1.34. The number of carbonyl (C=O) groups is 1. The standard InChI is InChI=1S/C28H47FN2OS/c1-2-3-4-5-6-7-8-9-10-11-12-13-14-15-16-17-22-30-27(32)26-23-33-28(31-26)24-18-20-25(29)21-19-24/h18-21,26,28,31H,2-17,22-23H2,1H3,(H,30,32). The maximum absolute atomic E-state index is 13.1. The van der Waals surface area contributed by atoms with E-state index in [-0.39, 0.29) is 23.1 Å². The van der Waals surface area contributed by atoms with Crippen LogP contribution in [0.1, 0.15) is 121 Å². The van der Waals surface area contributed by atoms with Gasteiger partial charge >= 0.3 is 0 Å². The van der Waals surface area contributed by atoms with E-state index in [9.17, 15) is 9.18 Å². The maximum atomic E-state index is 13.1. The van der Waals surface area contributed by atoms with Crippen molar-refractivity contribution in [2.45, 2.75) is 121 Å². The first kappa shape index (κ1) is 28.2. The second-order valence-electron chi connectivity index (χ2n) is 9.58. The Bertz CT molecular complexity index is 625. The van der Waals surface area contributed by atoms with Crippen LogP contribution in [0.3, 0.4) is 0 Å². The van der Waals surface area contributed by atoms with E-state index in [0.29, 0.717) is 0 Å². The molecule has 0 bridgehead atoms. The van der Waals surface area contributed by atoms with Gasteiger partial charge in [-0.25, -0.2) is 4.39 Å². The molecule has 1 heterocycles. The largest absolute Gasteiger partial charge is 0.355 e. The fourth-order valence-corrected chi connectivity index (χ4v) is 5.70. The van der Waals surface area contributed by atoms with E-state index >= 15 is 0 Å². The third kappa shape index (κ3) is 12.8. The molecule has 5 heteroatoms. The molecule has 0 aromatic heterocycles. The van der Waals surface area contributed by atoms with E-state index in [1.165, 1.54) is 108 Å². The fourth-order valence-electron chi connectivity index (χ4n) is 4.46. The van der Waals surface area contributed by atoms with Gasteiger partial charge in [-0.05, 0) is 24.1 Å². The summed E-state index contributed by atoms with van der Waals surface area (Å²) in [7, 11) is 0. The van der Waals surface area contributed by atoms with Crippen LogP contribution in [0, 0.1) is 5.82 Å². The number of nitrogens with one attached hydrogen (secondary N) is 2. The molecule has 188 valence electrons. The third-order valence-electron chi connectivity index (χ3n) is 6.60. The quantitative estimate of drug-likeness (QED) is 0.198. The lowest BCUT2D eigenvalue weighted by Crippen LogP contribution is -2.42. The third-order valence-corrected chi connectivity index (χ3v) is 7.87. The number of carbonyl (C=O) groups excluding carboxylic acids is 1. The zero-order chi connectivity index (χ0) is 23.6. The van der Waals surface area contributed by atoms with E-state index in [1.54, 1.807) is 23.9 Å². The predicted octanol–water partition coefficient (Wildman–Crippen LogP) is 7.91. The van der Waals surface area contributed by atoms with Crippen LogP contribution in [-0.4, -0.2) is 24.2 Å². The highest BCUT2D eigenvalue weighted by Crippen LogP contribution is 2.32. The molecule has 1 aliphatic heterocycles. The van der Waals surface area contributed by atoms with Gasteiger partial charge in [0.15, 0.2) is 0 Å². The summed E-state index contributed by atoms with van der Waals surface area (Å²) >= 11 is 1.71. The number of thioether (sulfide) groups is 1. The minimum atomic E-state index is -0.227. The molecule has 1 saturated heterocycles. The molecule has 0 aliphatic carbocycles. The van der Waals surface area contributed by atoms with E-state index in [0.717, 1.165) is 24.3 Å². The number of unbranched alkanes of at least 4 members (excludes halogenated alkanes) is 15. The van der Waals surface area contributed by atoms with Crippen molar-refractivity contribution in [1.82, 2.24) is 10.6 Å². The van der Waals surface area contributed by atoms with Crippen LogP contribution < -0.4 is 10.6 Å². The molecule has 1 aliphatic rings. The van der Waals surface area contributed by atoms with Crippen LogP contribution in [0.5, 0.6) is 0 Å².